The van der Waals surface area contributed by atoms with Gasteiger partial charge in [-0.25, -0.2) is 4.39 Å². The first-order chi connectivity index (χ1) is 4.66. The van der Waals surface area contributed by atoms with Gasteiger partial charge in [0.15, 0.2) is 6.17 Å². The molecule has 0 bridgehead atoms. The zero-order chi connectivity index (χ0) is 7.72. The van der Waals surface area contributed by atoms with Gasteiger partial charge in [-0.1, -0.05) is 0 Å². The number of hydrogen-bond acceptors (Lipinski definition) is 4. The van der Waals surface area contributed by atoms with Crippen molar-refractivity contribution >= 4 is 0 Å². The molecule has 0 unspecified atom stereocenters. The van der Waals surface area contributed by atoms with Crippen LogP contribution in [0.15, 0.2) is 0 Å². The molecule has 4 atom stereocenters. The average molecular weight is 151 g/mol. The zero-order valence-electron chi connectivity index (χ0n) is 5.27. The van der Waals surface area contributed by atoms with Crippen LogP contribution in [0, 0.1) is 0 Å². The molecule has 0 spiro atoms. The Morgan fingerprint density at radius 3 is 2.40 bits per heavy atom. The van der Waals surface area contributed by atoms with Gasteiger partial charge in [0.1, 0.15) is 18.4 Å². The summed E-state index contributed by atoms with van der Waals surface area (Å²) in [5.74, 6) is 0. The van der Waals surface area contributed by atoms with E-state index in [9.17, 15) is 4.39 Å². The van der Waals surface area contributed by atoms with Crippen molar-refractivity contribution in [1.29, 1.82) is 0 Å². The molecule has 0 radical (unpaired) electrons. The summed E-state index contributed by atoms with van der Waals surface area (Å²) >= 11 is 0. The van der Waals surface area contributed by atoms with E-state index in [0.29, 0.717) is 0 Å². The van der Waals surface area contributed by atoms with E-state index >= 15 is 0 Å². The largest absolute Gasteiger partial charge is 0.394 e. The fourth-order valence-electron chi connectivity index (χ4n) is 0.908. The first-order valence-electron chi connectivity index (χ1n) is 3.01. The third-order valence-corrected chi connectivity index (χ3v) is 1.53. The minimum atomic E-state index is -1.59. The van der Waals surface area contributed by atoms with Crippen molar-refractivity contribution in [3.8, 4) is 0 Å². The molecule has 1 heterocycles. The normalized spacial score (nSPS) is 48.0. The lowest BCUT2D eigenvalue weighted by molar-refractivity contribution is -0.0200. The van der Waals surface area contributed by atoms with Crippen molar-refractivity contribution in [1.82, 2.24) is 0 Å². The molecular formula is C5H10FNO3. The van der Waals surface area contributed by atoms with Gasteiger partial charge in [-0.05, 0) is 0 Å². The summed E-state index contributed by atoms with van der Waals surface area (Å²) in [5, 5.41) is 17.4. The Morgan fingerprint density at radius 1 is 1.60 bits per heavy atom. The van der Waals surface area contributed by atoms with E-state index in [1.807, 2.05) is 0 Å². The summed E-state index contributed by atoms with van der Waals surface area (Å²) in [4.78, 5) is 0. The van der Waals surface area contributed by atoms with Gasteiger partial charge >= 0.3 is 0 Å². The topological polar surface area (TPSA) is 75.7 Å². The highest BCUT2D eigenvalue weighted by molar-refractivity contribution is 4.87. The van der Waals surface area contributed by atoms with E-state index in [1.54, 1.807) is 0 Å². The monoisotopic (exact) mass is 151 g/mol. The molecule has 0 saturated carbocycles. The van der Waals surface area contributed by atoms with Crippen LogP contribution in [0.2, 0.25) is 0 Å². The van der Waals surface area contributed by atoms with Gasteiger partial charge in [-0.3, -0.25) is 0 Å². The molecule has 1 fully saturated rings. The molecule has 5 heteroatoms. The van der Waals surface area contributed by atoms with Crippen LogP contribution in [0.3, 0.4) is 0 Å². The number of alkyl halides is 1. The van der Waals surface area contributed by atoms with Crippen molar-refractivity contribution in [3.63, 3.8) is 0 Å². The Labute approximate surface area is 57.4 Å². The van der Waals surface area contributed by atoms with Crippen LogP contribution in [0.1, 0.15) is 0 Å². The minimum Gasteiger partial charge on any atom is -0.394 e. The van der Waals surface area contributed by atoms with Gasteiger partial charge in [-0.2, -0.15) is 0 Å². The summed E-state index contributed by atoms with van der Waals surface area (Å²) in [6, 6.07) is 0. The van der Waals surface area contributed by atoms with Crippen LogP contribution in [0.5, 0.6) is 0 Å². The minimum absolute atomic E-state index is 0.407. The second kappa shape index (κ2) is 2.79. The van der Waals surface area contributed by atoms with Crippen LogP contribution >= 0.6 is 0 Å². The van der Waals surface area contributed by atoms with Crippen molar-refractivity contribution in [2.45, 2.75) is 24.6 Å². The molecule has 0 amide bonds. The molecule has 0 aliphatic carbocycles. The SMILES string of the molecule is N[C@@H]1O[C@H](CO)[C@@H](O)[C@H]1F. The van der Waals surface area contributed by atoms with Gasteiger partial charge in [0.2, 0.25) is 0 Å². The number of nitrogens with two attached hydrogens (primary N) is 1. The highest BCUT2D eigenvalue weighted by Crippen LogP contribution is 2.20. The number of ether oxygens (including phenoxy) is 1. The first-order valence-corrected chi connectivity index (χ1v) is 3.01. The van der Waals surface area contributed by atoms with E-state index in [0.717, 1.165) is 0 Å². The van der Waals surface area contributed by atoms with Gasteiger partial charge in [0.25, 0.3) is 0 Å². The quantitative estimate of drug-likeness (QED) is 0.420. The zero-order valence-corrected chi connectivity index (χ0v) is 5.27. The third kappa shape index (κ3) is 1.13. The summed E-state index contributed by atoms with van der Waals surface area (Å²) in [6.07, 6.45) is -4.85. The lowest BCUT2D eigenvalue weighted by Crippen LogP contribution is -2.33. The lowest BCUT2D eigenvalue weighted by Gasteiger charge is -2.08. The first kappa shape index (κ1) is 7.87. The fourth-order valence-corrected chi connectivity index (χ4v) is 0.908. The number of hydrogen-bond donors (Lipinski definition) is 3. The second-order valence-corrected chi connectivity index (χ2v) is 2.26. The second-order valence-electron chi connectivity index (χ2n) is 2.26. The summed E-state index contributed by atoms with van der Waals surface area (Å²) in [7, 11) is 0. The maximum atomic E-state index is 12.5. The van der Waals surface area contributed by atoms with Crippen LogP contribution in [-0.2, 0) is 4.74 Å². The predicted octanol–water partition coefficient (Wildman–Crippen LogP) is -1.64. The summed E-state index contributed by atoms with van der Waals surface area (Å²) in [6.45, 7) is -0.407. The molecule has 1 aliphatic heterocycles. The summed E-state index contributed by atoms with van der Waals surface area (Å²) in [5.41, 5.74) is 5.07. The highest BCUT2D eigenvalue weighted by atomic mass is 19.1. The highest BCUT2D eigenvalue weighted by Gasteiger charge is 2.41. The molecular weight excluding hydrogens is 141 g/mol. The number of halogens is 1. The lowest BCUT2D eigenvalue weighted by atomic mass is 10.2. The average Bonchev–Trinajstić information content (AvgIpc) is 2.17. The number of aliphatic hydroxyl groups excluding tert-OH is 2. The Balaban J connectivity index is 2.53. The molecule has 60 valence electrons. The predicted molar refractivity (Wildman–Crippen MR) is 30.8 cm³/mol. The van der Waals surface area contributed by atoms with E-state index in [2.05, 4.69) is 4.74 Å². The maximum absolute atomic E-state index is 12.5. The van der Waals surface area contributed by atoms with Crippen LogP contribution < -0.4 is 5.73 Å². The fraction of sp³-hybridized carbons (Fsp3) is 1.00. The van der Waals surface area contributed by atoms with Gasteiger partial charge in [-0.15, -0.1) is 0 Å². The molecule has 4 N–H and O–H groups in total. The molecule has 1 saturated heterocycles. The van der Waals surface area contributed by atoms with E-state index in [4.69, 9.17) is 15.9 Å². The van der Waals surface area contributed by atoms with E-state index in [1.165, 1.54) is 0 Å². The van der Waals surface area contributed by atoms with E-state index in [-0.39, 0.29) is 0 Å². The van der Waals surface area contributed by atoms with Crippen molar-refractivity contribution < 1.29 is 19.3 Å². The molecule has 1 aliphatic rings. The summed E-state index contributed by atoms with van der Waals surface area (Å²) < 4.78 is 17.2. The van der Waals surface area contributed by atoms with Crippen molar-refractivity contribution in [3.05, 3.63) is 0 Å². The molecule has 4 nitrogen and oxygen atoms in total. The van der Waals surface area contributed by atoms with Gasteiger partial charge < -0.3 is 20.7 Å². The number of aliphatic hydroxyl groups is 2. The molecule has 10 heavy (non-hydrogen) atoms. The third-order valence-electron chi connectivity index (χ3n) is 1.53. The Hall–Kier alpha value is -0.230. The van der Waals surface area contributed by atoms with E-state index < -0.39 is 31.2 Å². The van der Waals surface area contributed by atoms with Gasteiger partial charge in [0, 0.05) is 0 Å². The van der Waals surface area contributed by atoms with Crippen molar-refractivity contribution in [2.24, 2.45) is 5.73 Å². The molecule has 1 rings (SSSR count). The molecule has 0 aromatic rings. The molecule has 0 aromatic carbocycles. The van der Waals surface area contributed by atoms with Crippen LogP contribution in [0.4, 0.5) is 4.39 Å². The Bertz CT molecular complexity index is 123. The van der Waals surface area contributed by atoms with Crippen LogP contribution in [-0.4, -0.2) is 41.4 Å². The van der Waals surface area contributed by atoms with Crippen LogP contribution in [0.25, 0.3) is 0 Å². The Kier molecular flexibility index (Phi) is 2.20. The standard InChI is InChI=1S/C5H10FNO3/c6-3-4(9)2(1-8)10-5(3)7/h2-5,8-9H,1,7H2/t2-,3-,4-,5-/m1/s1. The van der Waals surface area contributed by atoms with Gasteiger partial charge in [0.05, 0.1) is 6.61 Å². The smallest absolute Gasteiger partial charge is 0.168 e. The maximum Gasteiger partial charge on any atom is 0.168 e. The number of rotatable bonds is 1. The Morgan fingerprint density at radius 2 is 2.20 bits per heavy atom. The molecule has 0 aromatic heterocycles. The van der Waals surface area contributed by atoms with Crippen molar-refractivity contribution in [2.75, 3.05) is 6.61 Å².